The van der Waals surface area contributed by atoms with E-state index in [1.165, 1.54) is 13.0 Å². The van der Waals surface area contributed by atoms with E-state index in [1.54, 1.807) is 35.2 Å². The molecule has 0 saturated carbocycles. The lowest BCUT2D eigenvalue weighted by Gasteiger charge is -2.32. The zero-order valence-corrected chi connectivity index (χ0v) is 18.2. The summed E-state index contributed by atoms with van der Waals surface area (Å²) in [5.41, 5.74) is 1.42. The van der Waals surface area contributed by atoms with Gasteiger partial charge < -0.3 is 15.0 Å². The van der Waals surface area contributed by atoms with E-state index in [0.29, 0.717) is 37.2 Å². The maximum absolute atomic E-state index is 12.7. The summed E-state index contributed by atoms with van der Waals surface area (Å²) >= 11 is 3.41. The first kappa shape index (κ1) is 21.8. The first-order valence-corrected chi connectivity index (χ1v) is 10.5. The molecule has 2 aromatic carbocycles. The Balaban J connectivity index is 1.50. The largest absolute Gasteiger partial charge is 0.427 e. The first-order chi connectivity index (χ1) is 14.4. The number of ether oxygens (including phenoxy) is 1. The first-order valence-electron chi connectivity index (χ1n) is 9.72. The molecule has 1 N–H and O–H groups in total. The molecule has 7 heteroatoms. The number of benzene rings is 2. The monoisotopic (exact) mass is 470 g/mol. The van der Waals surface area contributed by atoms with Crippen molar-refractivity contribution in [3.63, 3.8) is 0 Å². The summed E-state index contributed by atoms with van der Waals surface area (Å²) in [4.78, 5) is 37.8. The van der Waals surface area contributed by atoms with Crippen LogP contribution in [0.3, 0.4) is 0 Å². The van der Waals surface area contributed by atoms with Gasteiger partial charge >= 0.3 is 5.97 Å². The van der Waals surface area contributed by atoms with Crippen molar-refractivity contribution in [1.29, 1.82) is 0 Å². The number of hydrogen-bond acceptors (Lipinski definition) is 4. The molecule has 2 aromatic rings. The summed E-state index contributed by atoms with van der Waals surface area (Å²) in [5.74, 6) is -0.324. The average Bonchev–Trinajstić information content (AvgIpc) is 2.72. The summed E-state index contributed by atoms with van der Waals surface area (Å²) in [6, 6.07) is 14.3. The molecule has 1 fully saturated rings. The highest BCUT2D eigenvalue weighted by molar-refractivity contribution is 9.10. The minimum atomic E-state index is -0.426. The van der Waals surface area contributed by atoms with E-state index < -0.39 is 5.97 Å². The topological polar surface area (TPSA) is 75.7 Å². The molecule has 0 radical (unpaired) electrons. The van der Waals surface area contributed by atoms with Crippen molar-refractivity contribution in [1.82, 2.24) is 10.2 Å². The van der Waals surface area contributed by atoms with Crippen molar-refractivity contribution in [2.75, 3.05) is 13.1 Å². The Hall–Kier alpha value is -2.93. The van der Waals surface area contributed by atoms with Gasteiger partial charge in [0, 0.05) is 42.2 Å². The van der Waals surface area contributed by atoms with Gasteiger partial charge in [0.05, 0.1) is 0 Å². The highest BCUT2D eigenvalue weighted by atomic mass is 79.9. The minimum absolute atomic E-state index is 0.0288. The number of esters is 1. The van der Waals surface area contributed by atoms with Crippen LogP contribution in [-0.4, -0.2) is 41.8 Å². The summed E-state index contributed by atoms with van der Waals surface area (Å²) in [6.45, 7) is 2.43. The van der Waals surface area contributed by atoms with E-state index >= 15 is 0 Å². The standard InChI is InChI=1S/C23H23BrN2O4/c1-16(27)30-21-7-3-5-18(15-21)23(29)26-12-10-20(11-13-26)25-22(28)9-8-17-4-2-6-19(24)14-17/h2-9,14-15,20H,10-13H2,1H3,(H,25,28)/b9-8+. The molecule has 1 aliphatic rings. The molecule has 6 nitrogen and oxygen atoms in total. The molecule has 30 heavy (non-hydrogen) atoms. The molecule has 0 unspecified atom stereocenters. The number of nitrogens with zero attached hydrogens (tertiary/aromatic N) is 1. The van der Waals surface area contributed by atoms with Crippen molar-refractivity contribution in [2.24, 2.45) is 0 Å². The normalized spacial score (nSPS) is 14.5. The smallest absolute Gasteiger partial charge is 0.308 e. The number of nitrogens with one attached hydrogen (secondary N) is 1. The van der Waals surface area contributed by atoms with Crippen LogP contribution < -0.4 is 10.1 Å². The van der Waals surface area contributed by atoms with Crippen molar-refractivity contribution in [2.45, 2.75) is 25.8 Å². The Morgan fingerprint density at radius 1 is 1.10 bits per heavy atom. The summed E-state index contributed by atoms with van der Waals surface area (Å²) < 4.78 is 6.01. The Kier molecular flexibility index (Phi) is 7.41. The van der Waals surface area contributed by atoms with Crippen LogP contribution in [0.25, 0.3) is 6.08 Å². The molecule has 0 aromatic heterocycles. The molecule has 0 aliphatic carbocycles. The quantitative estimate of drug-likeness (QED) is 0.409. The maximum atomic E-state index is 12.7. The zero-order valence-electron chi connectivity index (χ0n) is 16.6. The molecule has 0 atom stereocenters. The summed E-state index contributed by atoms with van der Waals surface area (Å²) in [7, 11) is 0. The predicted octanol–water partition coefficient (Wildman–Crippen LogP) is 3.81. The lowest BCUT2D eigenvalue weighted by molar-refractivity contribution is -0.131. The number of likely N-dealkylation sites (tertiary alicyclic amines) is 1. The Morgan fingerprint density at radius 2 is 1.83 bits per heavy atom. The average molecular weight is 471 g/mol. The van der Waals surface area contributed by atoms with Gasteiger partial charge in [0.15, 0.2) is 0 Å². The van der Waals surface area contributed by atoms with Crippen LogP contribution in [0.15, 0.2) is 59.1 Å². The number of carbonyl (C=O) groups excluding carboxylic acids is 3. The van der Waals surface area contributed by atoms with Crippen LogP contribution in [0.5, 0.6) is 5.75 Å². The molecular formula is C23H23BrN2O4. The fraction of sp³-hybridized carbons (Fsp3) is 0.261. The third-order valence-electron chi connectivity index (χ3n) is 4.75. The number of rotatable bonds is 5. The van der Waals surface area contributed by atoms with Crippen molar-refractivity contribution in [3.05, 3.63) is 70.2 Å². The van der Waals surface area contributed by atoms with Gasteiger partial charge in [-0.1, -0.05) is 34.1 Å². The number of amides is 2. The van der Waals surface area contributed by atoms with Crippen LogP contribution in [0.1, 0.15) is 35.7 Å². The Labute approximate surface area is 184 Å². The Bertz CT molecular complexity index is 965. The fourth-order valence-electron chi connectivity index (χ4n) is 3.30. The van der Waals surface area contributed by atoms with Gasteiger partial charge in [0.25, 0.3) is 5.91 Å². The molecule has 1 aliphatic heterocycles. The predicted molar refractivity (Wildman–Crippen MR) is 118 cm³/mol. The zero-order chi connectivity index (χ0) is 21.5. The highest BCUT2D eigenvalue weighted by Gasteiger charge is 2.24. The Morgan fingerprint density at radius 3 is 2.53 bits per heavy atom. The molecule has 3 rings (SSSR count). The van der Waals surface area contributed by atoms with E-state index in [4.69, 9.17) is 4.74 Å². The van der Waals surface area contributed by atoms with Crippen molar-refractivity contribution >= 4 is 39.8 Å². The fourth-order valence-corrected chi connectivity index (χ4v) is 3.72. The van der Waals surface area contributed by atoms with E-state index in [-0.39, 0.29) is 17.9 Å². The van der Waals surface area contributed by atoms with Gasteiger partial charge in [-0.25, -0.2) is 0 Å². The highest BCUT2D eigenvalue weighted by Crippen LogP contribution is 2.18. The number of piperidine rings is 1. The van der Waals surface area contributed by atoms with Gasteiger partial charge in [-0.3, -0.25) is 14.4 Å². The van der Waals surface area contributed by atoms with E-state index in [9.17, 15) is 14.4 Å². The van der Waals surface area contributed by atoms with Gasteiger partial charge in [0.2, 0.25) is 5.91 Å². The molecule has 156 valence electrons. The molecule has 1 saturated heterocycles. The second-order valence-corrected chi connectivity index (χ2v) is 8.00. The van der Waals surface area contributed by atoms with Gasteiger partial charge in [-0.15, -0.1) is 0 Å². The SMILES string of the molecule is CC(=O)Oc1cccc(C(=O)N2CCC(NC(=O)/C=C/c3cccc(Br)c3)CC2)c1. The molecule has 0 spiro atoms. The second-order valence-electron chi connectivity index (χ2n) is 7.08. The van der Waals surface area contributed by atoms with Gasteiger partial charge in [-0.05, 0) is 54.8 Å². The van der Waals surface area contributed by atoms with Crippen LogP contribution >= 0.6 is 15.9 Å². The third kappa shape index (κ3) is 6.29. The van der Waals surface area contributed by atoms with Crippen LogP contribution in [0, 0.1) is 0 Å². The molecule has 1 heterocycles. The van der Waals surface area contributed by atoms with Gasteiger partial charge in [0.1, 0.15) is 5.75 Å². The van der Waals surface area contributed by atoms with Crippen molar-refractivity contribution in [3.8, 4) is 5.75 Å². The maximum Gasteiger partial charge on any atom is 0.308 e. The lowest BCUT2D eigenvalue weighted by atomic mass is 10.0. The van der Waals surface area contributed by atoms with Crippen LogP contribution in [-0.2, 0) is 9.59 Å². The van der Waals surface area contributed by atoms with E-state index in [2.05, 4.69) is 21.2 Å². The molecular weight excluding hydrogens is 448 g/mol. The minimum Gasteiger partial charge on any atom is -0.427 e. The molecule has 0 bridgehead atoms. The number of carbonyl (C=O) groups is 3. The van der Waals surface area contributed by atoms with E-state index in [0.717, 1.165) is 10.0 Å². The second kappa shape index (κ2) is 10.2. The van der Waals surface area contributed by atoms with Crippen LogP contribution in [0.2, 0.25) is 0 Å². The third-order valence-corrected chi connectivity index (χ3v) is 5.24. The van der Waals surface area contributed by atoms with Crippen LogP contribution in [0.4, 0.5) is 0 Å². The summed E-state index contributed by atoms with van der Waals surface area (Å²) in [6.07, 6.45) is 4.67. The number of halogens is 1. The molecule has 2 amide bonds. The number of hydrogen-bond donors (Lipinski definition) is 1. The van der Waals surface area contributed by atoms with Gasteiger partial charge in [-0.2, -0.15) is 0 Å². The lowest BCUT2D eigenvalue weighted by Crippen LogP contribution is -2.46. The van der Waals surface area contributed by atoms with E-state index in [1.807, 2.05) is 24.3 Å². The summed E-state index contributed by atoms with van der Waals surface area (Å²) in [5, 5.41) is 3.00. The van der Waals surface area contributed by atoms with Crippen molar-refractivity contribution < 1.29 is 19.1 Å².